The summed E-state index contributed by atoms with van der Waals surface area (Å²) < 4.78 is 0. The van der Waals surface area contributed by atoms with Gasteiger partial charge in [0.05, 0.1) is 0 Å². The van der Waals surface area contributed by atoms with Crippen molar-refractivity contribution < 1.29 is 0 Å². The van der Waals surface area contributed by atoms with E-state index in [0.717, 1.165) is 32.1 Å². The summed E-state index contributed by atoms with van der Waals surface area (Å²) in [5, 5.41) is 3.63. The number of rotatable bonds is 8. The molecule has 0 radical (unpaired) electrons. The van der Waals surface area contributed by atoms with Crippen LogP contribution in [-0.4, -0.2) is 24.5 Å². The van der Waals surface area contributed by atoms with Gasteiger partial charge in [-0.15, -0.1) is 0 Å². The van der Waals surface area contributed by atoms with E-state index < -0.39 is 0 Å². The fourth-order valence-electron chi connectivity index (χ4n) is 2.68. The number of nitrogens with zero attached hydrogens (tertiary/aromatic N) is 1. The van der Waals surface area contributed by atoms with Crippen molar-refractivity contribution in [3.63, 3.8) is 0 Å². The highest BCUT2D eigenvalue weighted by molar-refractivity contribution is 5.27. The molecule has 0 aliphatic heterocycles. The molecule has 2 nitrogen and oxygen atoms in total. The second kappa shape index (κ2) is 7.66. The first-order chi connectivity index (χ1) is 9.33. The molecular weight excluding hydrogens is 232 g/mol. The molecule has 1 aromatic rings. The van der Waals surface area contributed by atoms with Crippen molar-refractivity contribution in [2.24, 2.45) is 5.92 Å². The number of nitrogens with one attached hydrogen (secondary N) is 1. The smallest absolute Gasteiger partial charge is 0.0236 e. The molecule has 106 valence electrons. The van der Waals surface area contributed by atoms with Crippen LogP contribution in [-0.2, 0) is 13.1 Å². The van der Waals surface area contributed by atoms with Gasteiger partial charge in [0.15, 0.2) is 0 Å². The van der Waals surface area contributed by atoms with Crippen LogP contribution in [0.5, 0.6) is 0 Å². The van der Waals surface area contributed by atoms with Crippen LogP contribution in [0.3, 0.4) is 0 Å². The van der Waals surface area contributed by atoms with E-state index in [4.69, 9.17) is 0 Å². The molecule has 1 N–H and O–H groups in total. The molecule has 0 saturated heterocycles. The van der Waals surface area contributed by atoms with Crippen LogP contribution in [0.15, 0.2) is 24.3 Å². The maximum Gasteiger partial charge on any atom is 0.0236 e. The third-order valence-electron chi connectivity index (χ3n) is 4.38. The van der Waals surface area contributed by atoms with Crippen molar-refractivity contribution in [2.75, 3.05) is 19.6 Å². The predicted molar refractivity (Wildman–Crippen MR) is 82.1 cm³/mol. The largest absolute Gasteiger partial charge is 0.312 e. The molecule has 1 fully saturated rings. The van der Waals surface area contributed by atoms with Crippen molar-refractivity contribution in [3.05, 3.63) is 35.4 Å². The Hall–Kier alpha value is -0.860. The summed E-state index contributed by atoms with van der Waals surface area (Å²) in [6.45, 7) is 10.0. The molecule has 1 aliphatic rings. The summed E-state index contributed by atoms with van der Waals surface area (Å²) in [5.41, 5.74) is 2.95. The van der Waals surface area contributed by atoms with E-state index in [9.17, 15) is 0 Å². The Morgan fingerprint density at radius 2 is 1.79 bits per heavy atom. The molecule has 1 aliphatic carbocycles. The number of hydrogen-bond acceptors (Lipinski definition) is 2. The van der Waals surface area contributed by atoms with Crippen LogP contribution in [0, 0.1) is 5.92 Å². The van der Waals surface area contributed by atoms with E-state index in [1.807, 2.05) is 0 Å². The van der Waals surface area contributed by atoms with Crippen molar-refractivity contribution >= 4 is 0 Å². The van der Waals surface area contributed by atoms with Gasteiger partial charge in [-0.1, -0.05) is 44.5 Å². The van der Waals surface area contributed by atoms with Crippen molar-refractivity contribution in [3.8, 4) is 0 Å². The zero-order valence-corrected chi connectivity index (χ0v) is 12.5. The highest BCUT2D eigenvalue weighted by Gasteiger charge is 2.16. The Bertz CT molecular complexity index is 367. The van der Waals surface area contributed by atoms with E-state index in [1.54, 1.807) is 0 Å². The summed E-state index contributed by atoms with van der Waals surface area (Å²) in [6, 6.07) is 8.87. The molecule has 2 heteroatoms. The van der Waals surface area contributed by atoms with Gasteiger partial charge in [-0.3, -0.25) is 4.90 Å². The summed E-state index contributed by atoms with van der Waals surface area (Å²) in [4.78, 5) is 2.48. The van der Waals surface area contributed by atoms with Crippen LogP contribution in [0.2, 0.25) is 0 Å². The molecule has 1 saturated carbocycles. The van der Waals surface area contributed by atoms with E-state index in [0.29, 0.717) is 0 Å². The van der Waals surface area contributed by atoms with Gasteiger partial charge in [-0.05, 0) is 49.5 Å². The van der Waals surface area contributed by atoms with Crippen LogP contribution in [0.25, 0.3) is 0 Å². The number of benzene rings is 1. The van der Waals surface area contributed by atoms with Crippen molar-refractivity contribution in [1.82, 2.24) is 10.2 Å². The first-order valence-electron chi connectivity index (χ1n) is 7.83. The van der Waals surface area contributed by atoms with Crippen molar-refractivity contribution in [1.29, 1.82) is 0 Å². The Balaban J connectivity index is 1.87. The molecule has 0 atom stereocenters. The molecule has 0 amide bonds. The molecule has 1 aromatic carbocycles. The lowest BCUT2D eigenvalue weighted by Gasteiger charge is -2.26. The minimum atomic E-state index is 0.940. The molecule has 0 bridgehead atoms. The molecular formula is C17H28N2. The highest BCUT2D eigenvalue weighted by Crippen LogP contribution is 2.25. The molecule has 19 heavy (non-hydrogen) atoms. The lowest BCUT2D eigenvalue weighted by molar-refractivity contribution is 0.292. The van der Waals surface area contributed by atoms with E-state index in [2.05, 4.69) is 48.3 Å². The van der Waals surface area contributed by atoms with E-state index >= 15 is 0 Å². The maximum atomic E-state index is 3.63. The van der Waals surface area contributed by atoms with Gasteiger partial charge in [0.2, 0.25) is 0 Å². The van der Waals surface area contributed by atoms with Gasteiger partial charge in [0, 0.05) is 13.1 Å². The van der Waals surface area contributed by atoms with Crippen LogP contribution < -0.4 is 5.32 Å². The lowest BCUT2D eigenvalue weighted by atomic mass is 9.85. The third-order valence-corrected chi connectivity index (χ3v) is 4.38. The first-order valence-corrected chi connectivity index (χ1v) is 7.83. The van der Waals surface area contributed by atoms with Gasteiger partial charge in [-0.25, -0.2) is 0 Å². The minimum absolute atomic E-state index is 0.940. The summed E-state index contributed by atoms with van der Waals surface area (Å²) >= 11 is 0. The van der Waals surface area contributed by atoms with E-state index in [1.165, 1.54) is 36.9 Å². The zero-order chi connectivity index (χ0) is 13.5. The number of hydrogen-bond donors (Lipinski definition) is 1. The SMILES string of the molecule is CCN(CC)Cc1ccccc1CNCC1CCC1. The van der Waals surface area contributed by atoms with Gasteiger partial charge in [-0.2, -0.15) is 0 Å². The summed E-state index contributed by atoms with van der Waals surface area (Å²) in [6.07, 6.45) is 4.28. The van der Waals surface area contributed by atoms with Gasteiger partial charge < -0.3 is 5.32 Å². The average Bonchev–Trinajstić information content (AvgIpc) is 2.40. The first kappa shape index (κ1) is 14.5. The van der Waals surface area contributed by atoms with Crippen LogP contribution in [0.4, 0.5) is 0 Å². The van der Waals surface area contributed by atoms with Crippen molar-refractivity contribution in [2.45, 2.75) is 46.2 Å². The van der Waals surface area contributed by atoms with Gasteiger partial charge in [0.25, 0.3) is 0 Å². The monoisotopic (exact) mass is 260 g/mol. The normalized spacial score (nSPS) is 15.7. The molecule has 2 rings (SSSR count). The second-order valence-electron chi connectivity index (χ2n) is 5.66. The highest BCUT2D eigenvalue weighted by atomic mass is 15.1. The standard InChI is InChI=1S/C17H28N2/c1-3-19(4-2)14-17-11-6-5-10-16(17)13-18-12-15-8-7-9-15/h5-6,10-11,15,18H,3-4,7-9,12-14H2,1-2H3. The van der Waals surface area contributed by atoms with E-state index in [-0.39, 0.29) is 0 Å². The Morgan fingerprint density at radius 3 is 2.37 bits per heavy atom. The molecule has 0 heterocycles. The average molecular weight is 260 g/mol. The predicted octanol–water partition coefficient (Wildman–Crippen LogP) is 3.42. The summed E-state index contributed by atoms with van der Waals surface area (Å²) in [5.74, 6) is 0.940. The summed E-state index contributed by atoms with van der Waals surface area (Å²) in [7, 11) is 0. The topological polar surface area (TPSA) is 15.3 Å². The van der Waals surface area contributed by atoms with Gasteiger partial charge in [0.1, 0.15) is 0 Å². The van der Waals surface area contributed by atoms with Crippen LogP contribution >= 0.6 is 0 Å². The Kier molecular flexibility index (Phi) is 5.87. The zero-order valence-electron chi connectivity index (χ0n) is 12.5. The van der Waals surface area contributed by atoms with Crippen LogP contribution in [0.1, 0.15) is 44.2 Å². The second-order valence-corrected chi connectivity index (χ2v) is 5.66. The fourth-order valence-corrected chi connectivity index (χ4v) is 2.68. The minimum Gasteiger partial charge on any atom is -0.312 e. The fraction of sp³-hybridized carbons (Fsp3) is 0.647. The lowest BCUT2D eigenvalue weighted by Crippen LogP contribution is -2.28. The molecule has 0 unspecified atom stereocenters. The third kappa shape index (κ3) is 4.32. The Morgan fingerprint density at radius 1 is 1.11 bits per heavy atom. The molecule has 0 aromatic heterocycles. The Labute approximate surface area is 118 Å². The maximum absolute atomic E-state index is 3.63. The molecule has 0 spiro atoms. The van der Waals surface area contributed by atoms with Gasteiger partial charge >= 0.3 is 0 Å². The quantitative estimate of drug-likeness (QED) is 0.770.